The summed E-state index contributed by atoms with van der Waals surface area (Å²) in [6, 6.07) is 15.7. The van der Waals surface area contributed by atoms with Crippen LogP contribution in [0.1, 0.15) is 19.4 Å². The number of amides is 1. The van der Waals surface area contributed by atoms with Crippen molar-refractivity contribution in [1.82, 2.24) is 9.80 Å². The average Bonchev–Trinajstić information content (AvgIpc) is 3.01. The summed E-state index contributed by atoms with van der Waals surface area (Å²) in [7, 11) is 0. The molecule has 3 rings (SSSR count). The van der Waals surface area contributed by atoms with E-state index in [4.69, 9.17) is 0 Å². The third-order valence-corrected chi connectivity index (χ3v) is 5.49. The van der Waals surface area contributed by atoms with Gasteiger partial charge in [0.1, 0.15) is 0 Å². The summed E-state index contributed by atoms with van der Waals surface area (Å²) >= 11 is 1.28. The summed E-state index contributed by atoms with van der Waals surface area (Å²) in [6.45, 7) is 6.16. The SMILES string of the molecule is CCN(CC)CN1C(=O)/C(=C\c2cccc([N+](=O)[O-])c2)SC1=Nc1ccccc1. The monoisotopic (exact) mass is 410 g/mol. The van der Waals surface area contributed by atoms with Gasteiger partial charge in [0.25, 0.3) is 11.6 Å². The molecule has 0 spiro atoms. The molecule has 1 amide bonds. The molecular formula is C21H22N4O3S. The lowest BCUT2D eigenvalue weighted by molar-refractivity contribution is -0.384. The number of nitrogens with zero attached hydrogens (tertiary/aromatic N) is 4. The van der Waals surface area contributed by atoms with E-state index < -0.39 is 4.92 Å². The maximum absolute atomic E-state index is 13.1. The number of aliphatic imine (C=N–C) groups is 1. The highest BCUT2D eigenvalue weighted by Crippen LogP contribution is 2.34. The Balaban J connectivity index is 1.96. The molecule has 1 aliphatic rings. The first-order valence-electron chi connectivity index (χ1n) is 9.33. The van der Waals surface area contributed by atoms with Gasteiger partial charge in [-0.25, -0.2) is 4.99 Å². The molecule has 0 unspecified atom stereocenters. The highest BCUT2D eigenvalue weighted by Gasteiger charge is 2.34. The van der Waals surface area contributed by atoms with Gasteiger partial charge >= 0.3 is 0 Å². The van der Waals surface area contributed by atoms with Gasteiger partial charge in [0.2, 0.25) is 0 Å². The number of nitro benzene ring substituents is 1. The second-order valence-corrected chi connectivity index (χ2v) is 7.38. The Bertz CT molecular complexity index is 955. The van der Waals surface area contributed by atoms with Crippen molar-refractivity contribution in [3.8, 4) is 0 Å². The number of rotatable bonds is 7. The zero-order chi connectivity index (χ0) is 20.8. The van der Waals surface area contributed by atoms with E-state index in [1.165, 1.54) is 23.9 Å². The lowest BCUT2D eigenvalue weighted by Crippen LogP contribution is -2.40. The molecule has 8 heteroatoms. The number of nitro groups is 1. The number of benzene rings is 2. The molecule has 0 aliphatic carbocycles. The molecule has 0 atom stereocenters. The number of hydrogen-bond acceptors (Lipinski definition) is 6. The van der Waals surface area contributed by atoms with Gasteiger partial charge in [-0.05, 0) is 48.6 Å². The van der Waals surface area contributed by atoms with Gasteiger partial charge in [0.15, 0.2) is 5.17 Å². The Morgan fingerprint density at radius 1 is 1.14 bits per heavy atom. The fraction of sp³-hybridized carbons (Fsp3) is 0.238. The lowest BCUT2D eigenvalue weighted by Gasteiger charge is -2.24. The van der Waals surface area contributed by atoms with Crippen molar-refractivity contribution in [2.24, 2.45) is 4.99 Å². The van der Waals surface area contributed by atoms with Crippen LogP contribution in [-0.2, 0) is 4.79 Å². The van der Waals surface area contributed by atoms with Gasteiger partial charge in [-0.15, -0.1) is 0 Å². The predicted molar refractivity (Wildman–Crippen MR) is 117 cm³/mol. The van der Waals surface area contributed by atoms with Gasteiger partial charge in [-0.1, -0.05) is 44.2 Å². The average molecular weight is 410 g/mol. The first-order valence-corrected chi connectivity index (χ1v) is 10.2. The topological polar surface area (TPSA) is 79.0 Å². The van der Waals surface area contributed by atoms with E-state index >= 15 is 0 Å². The molecule has 2 aromatic rings. The highest BCUT2D eigenvalue weighted by molar-refractivity contribution is 8.18. The van der Waals surface area contributed by atoms with Crippen molar-refractivity contribution in [2.75, 3.05) is 19.8 Å². The van der Waals surface area contributed by atoms with Crippen LogP contribution >= 0.6 is 11.8 Å². The van der Waals surface area contributed by atoms with E-state index in [2.05, 4.69) is 9.89 Å². The van der Waals surface area contributed by atoms with Crippen LogP contribution in [0.2, 0.25) is 0 Å². The van der Waals surface area contributed by atoms with Crippen molar-refractivity contribution >= 4 is 40.3 Å². The van der Waals surface area contributed by atoms with Crippen LogP contribution < -0.4 is 0 Å². The van der Waals surface area contributed by atoms with Crippen LogP contribution in [0.3, 0.4) is 0 Å². The first kappa shape index (κ1) is 20.8. The van der Waals surface area contributed by atoms with Crippen LogP contribution in [0.5, 0.6) is 0 Å². The molecule has 2 aromatic carbocycles. The van der Waals surface area contributed by atoms with E-state index in [9.17, 15) is 14.9 Å². The zero-order valence-electron chi connectivity index (χ0n) is 16.3. The molecule has 0 radical (unpaired) electrons. The van der Waals surface area contributed by atoms with E-state index in [1.807, 2.05) is 44.2 Å². The van der Waals surface area contributed by atoms with E-state index in [1.54, 1.807) is 23.1 Å². The standard InChI is InChI=1S/C21H22N4O3S/c1-3-23(4-2)15-24-20(26)19(14-16-9-8-12-18(13-16)25(27)28)29-21(24)22-17-10-6-5-7-11-17/h5-14H,3-4,15H2,1-2H3/b19-14+,22-21?. The van der Waals surface area contributed by atoms with Crippen molar-refractivity contribution in [3.63, 3.8) is 0 Å². The van der Waals surface area contributed by atoms with Crippen LogP contribution in [0.15, 0.2) is 64.5 Å². The first-order chi connectivity index (χ1) is 14.0. The van der Waals surface area contributed by atoms with Crippen molar-refractivity contribution in [2.45, 2.75) is 13.8 Å². The summed E-state index contributed by atoms with van der Waals surface area (Å²) in [4.78, 5) is 32.6. The van der Waals surface area contributed by atoms with Gasteiger partial charge in [-0.3, -0.25) is 24.7 Å². The third-order valence-electron chi connectivity index (χ3n) is 4.48. The molecule has 0 bridgehead atoms. The Morgan fingerprint density at radius 2 is 1.86 bits per heavy atom. The van der Waals surface area contributed by atoms with Crippen LogP contribution in [0.25, 0.3) is 6.08 Å². The van der Waals surface area contributed by atoms with Crippen molar-refractivity contribution in [1.29, 1.82) is 0 Å². The molecule has 1 aliphatic heterocycles. The second kappa shape index (κ2) is 9.49. The number of non-ortho nitro benzene ring substituents is 1. The number of carbonyl (C=O) groups is 1. The number of amidine groups is 1. The highest BCUT2D eigenvalue weighted by atomic mass is 32.2. The quantitative estimate of drug-likeness (QED) is 0.381. The van der Waals surface area contributed by atoms with E-state index in [0.717, 1.165) is 18.8 Å². The Labute approximate surface area is 173 Å². The van der Waals surface area contributed by atoms with Crippen LogP contribution in [0.4, 0.5) is 11.4 Å². The molecule has 150 valence electrons. The molecule has 29 heavy (non-hydrogen) atoms. The Morgan fingerprint density at radius 3 is 2.52 bits per heavy atom. The number of para-hydroxylation sites is 1. The van der Waals surface area contributed by atoms with Gasteiger partial charge < -0.3 is 0 Å². The number of carbonyl (C=O) groups excluding carboxylic acids is 1. The molecule has 0 saturated carbocycles. The normalized spacial score (nSPS) is 16.9. The molecule has 1 heterocycles. The van der Waals surface area contributed by atoms with Crippen LogP contribution in [0, 0.1) is 10.1 Å². The van der Waals surface area contributed by atoms with Gasteiger partial charge in [0, 0.05) is 12.1 Å². The summed E-state index contributed by atoms with van der Waals surface area (Å²) in [5, 5.41) is 11.6. The molecular weight excluding hydrogens is 388 g/mol. The number of hydrogen-bond donors (Lipinski definition) is 0. The third kappa shape index (κ3) is 5.10. The van der Waals surface area contributed by atoms with Crippen molar-refractivity contribution < 1.29 is 9.72 Å². The molecule has 1 fully saturated rings. The van der Waals surface area contributed by atoms with Crippen molar-refractivity contribution in [3.05, 3.63) is 75.2 Å². The van der Waals surface area contributed by atoms with E-state index in [-0.39, 0.29) is 11.6 Å². The van der Waals surface area contributed by atoms with Gasteiger partial charge in [-0.2, -0.15) is 0 Å². The second-order valence-electron chi connectivity index (χ2n) is 6.37. The lowest BCUT2D eigenvalue weighted by atomic mass is 10.2. The van der Waals surface area contributed by atoms with Gasteiger partial charge in [0.05, 0.1) is 22.2 Å². The smallest absolute Gasteiger partial charge is 0.270 e. The molecule has 0 aromatic heterocycles. The Kier molecular flexibility index (Phi) is 6.79. The Hall–Kier alpha value is -2.97. The summed E-state index contributed by atoms with van der Waals surface area (Å²) in [5.41, 5.74) is 1.37. The summed E-state index contributed by atoms with van der Waals surface area (Å²) in [5.74, 6) is -0.150. The van der Waals surface area contributed by atoms with Crippen LogP contribution in [-0.4, -0.2) is 45.6 Å². The fourth-order valence-electron chi connectivity index (χ4n) is 2.83. The van der Waals surface area contributed by atoms with E-state index in [0.29, 0.717) is 22.3 Å². The molecule has 0 N–H and O–H groups in total. The molecule has 7 nitrogen and oxygen atoms in total. The maximum atomic E-state index is 13.1. The number of thioether (sulfide) groups is 1. The summed E-state index contributed by atoms with van der Waals surface area (Å²) < 4.78 is 0. The molecule has 1 saturated heterocycles. The predicted octanol–water partition coefficient (Wildman–Crippen LogP) is 4.50. The maximum Gasteiger partial charge on any atom is 0.270 e. The zero-order valence-corrected chi connectivity index (χ0v) is 17.1. The fourth-order valence-corrected chi connectivity index (χ4v) is 3.82. The minimum atomic E-state index is -0.444. The summed E-state index contributed by atoms with van der Waals surface area (Å²) in [6.07, 6.45) is 1.68. The minimum Gasteiger partial charge on any atom is -0.286 e. The largest absolute Gasteiger partial charge is 0.286 e. The minimum absolute atomic E-state index is 0.00651.